The summed E-state index contributed by atoms with van der Waals surface area (Å²) in [4.78, 5) is 61.8. The number of carbonyl (C=O) groups is 4. The average molecular weight is 853 g/mol. The van der Waals surface area contributed by atoms with Crippen LogP contribution < -0.4 is 43.4 Å². The number of carbonyl (C=O) groups excluding carboxylic acids is 4. The first-order valence-electron chi connectivity index (χ1n) is 19.5. The zero-order chi connectivity index (χ0) is 44.9. The van der Waals surface area contributed by atoms with E-state index < -0.39 is 0 Å². The summed E-state index contributed by atoms with van der Waals surface area (Å²) in [7, 11) is 0. The van der Waals surface area contributed by atoms with Crippen molar-refractivity contribution < 1.29 is 19.2 Å². The molecule has 8 aromatic rings. The molecule has 0 saturated heterocycles. The molecule has 4 heterocycles. The molecule has 8 N–H and O–H groups in total. The van der Waals surface area contributed by atoms with Gasteiger partial charge in [0.25, 0.3) is 23.6 Å². The van der Waals surface area contributed by atoms with Crippen LogP contribution in [0.25, 0.3) is 0 Å². The number of nitrogens with one attached hydrogen (secondary N) is 8. The SMILES string of the molecule is O=C(NNc1ccccc1)c1ccncc1.O=C(NNc1ccccc1)c1ccncc1.O=C(NNc1ccccc1)c1ccncc1.O=C(NNc1ccccc1)c1ccncc1. The van der Waals surface area contributed by atoms with E-state index in [1.165, 1.54) is 0 Å². The van der Waals surface area contributed by atoms with Crippen molar-refractivity contribution in [2.24, 2.45) is 0 Å². The Balaban J connectivity index is 0.000000161. The van der Waals surface area contributed by atoms with Gasteiger partial charge in [-0.3, -0.25) is 82.5 Å². The minimum absolute atomic E-state index is 0.189. The summed E-state index contributed by atoms with van der Waals surface area (Å²) in [5.74, 6) is -0.755. The number of hydrogen-bond acceptors (Lipinski definition) is 12. The summed E-state index contributed by atoms with van der Waals surface area (Å²) < 4.78 is 0. The van der Waals surface area contributed by atoms with E-state index in [9.17, 15) is 19.2 Å². The number of pyridine rings is 4. The van der Waals surface area contributed by atoms with E-state index >= 15 is 0 Å². The summed E-state index contributed by atoms with van der Waals surface area (Å²) in [5, 5.41) is 0. The first kappa shape index (κ1) is 45.6. The Morgan fingerprint density at radius 1 is 0.250 bits per heavy atom. The fraction of sp³-hybridized carbons (Fsp3) is 0. The van der Waals surface area contributed by atoms with Gasteiger partial charge in [-0.2, -0.15) is 0 Å². The smallest absolute Gasteiger partial charge is 0.269 e. The topological polar surface area (TPSA) is 216 Å². The van der Waals surface area contributed by atoms with Crippen molar-refractivity contribution in [3.63, 3.8) is 0 Å². The molecule has 16 nitrogen and oxygen atoms in total. The Morgan fingerprint density at radius 3 is 0.594 bits per heavy atom. The van der Waals surface area contributed by atoms with Crippen LogP contribution in [-0.4, -0.2) is 43.6 Å². The van der Waals surface area contributed by atoms with Gasteiger partial charge in [-0.25, -0.2) is 0 Å². The van der Waals surface area contributed by atoms with Crippen LogP contribution in [0.5, 0.6) is 0 Å². The van der Waals surface area contributed by atoms with Crippen molar-refractivity contribution in [2.45, 2.75) is 0 Å². The number of benzene rings is 4. The molecule has 0 atom stereocenters. The predicted octanol–water partition coefficient (Wildman–Crippen LogP) is 7.35. The van der Waals surface area contributed by atoms with Gasteiger partial charge in [-0.05, 0) is 97.1 Å². The number of hydrogen-bond donors (Lipinski definition) is 8. The van der Waals surface area contributed by atoms with Crippen molar-refractivity contribution in [1.29, 1.82) is 0 Å². The van der Waals surface area contributed by atoms with E-state index in [-0.39, 0.29) is 23.6 Å². The van der Waals surface area contributed by atoms with Gasteiger partial charge in [-0.1, -0.05) is 72.8 Å². The molecule has 0 unspecified atom stereocenters. The van der Waals surface area contributed by atoms with E-state index in [0.29, 0.717) is 22.3 Å². The monoisotopic (exact) mass is 852 g/mol. The van der Waals surface area contributed by atoms with Crippen LogP contribution in [0, 0.1) is 0 Å². The molecule has 0 fully saturated rings. The molecule has 4 aromatic heterocycles. The lowest BCUT2D eigenvalue weighted by molar-refractivity contribution is 0.0954. The first-order chi connectivity index (χ1) is 31.4. The summed E-state index contributed by atoms with van der Waals surface area (Å²) in [6.07, 6.45) is 12.6. The molecule has 16 heteroatoms. The lowest BCUT2D eigenvalue weighted by Gasteiger charge is -2.07. The summed E-state index contributed by atoms with van der Waals surface area (Å²) in [6, 6.07) is 50.9. The van der Waals surface area contributed by atoms with Crippen LogP contribution in [-0.2, 0) is 0 Å². The molecule has 0 aliphatic rings. The van der Waals surface area contributed by atoms with Gasteiger partial charge in [0.15, 0.2) is 0 Å². The summed E-state index contributed by atoms with van der Waals surface area (Å²) in [5.41, 5.74) is 27.3. The third kappa shape index (κ3) is 17.0. The molecule has 0 aliphatic carbocycles. The van der Waals surface area contributed by atoms with Crippen LogP contribution >= 0.6 is 0 Å². The average Bonchev–Trinajstić information content (AvgIpc) is 3.38. The number of amides is 4. The van der Waals surface area contributed by atoms with E-state index in [1.807, 2.05) is 121 Å². The fourth-order valence-electron chi connectivity index (χ4n) is 4.90. The molecule has 4 amide bonds. The molecule has 0 spiro atoms. The Kier molecular flexibility index (Phi) is 19.0. The molecule has 64 heavy (non-hydrogen) atoms. The minimum Gasteiger partial charge on any atom is -0.298 e. The van der Waals surface area contributed by atoms with Crippen molar-refractivity contribution in [1.82, 2.24) is 41.6 Å². The number of para-hydroxylation sites is 4. The van der Waals surface area contributed by atoms with Crippen LogP contribution in [0.15, 0.2) is 219 Å². The fourth-order valence-corrected chi connectivity index (χ4v) is 4.90. The molecule has 0 aliphatic heterocycles. The Labute approximate surface area is 369 Å². The second kappa shape index (κ2) is 26.6. The highest BCUT2D eigenvalue weighted by Gasteiger charge is 2.06. The first-order valence-corrected chi connectivity index (χ1v) is 19.5. The van der Waals surface area contributed by atoms with Gasteiger partial charge in [0, 0.05) is 71.8 Å². The maximum atomic E-state index is 11.6. The number of rotatable bonds is 12. The molecule has 0 saturated carbocycles. The van der Waals surface area contributed by atoms with Crippen molar-refractivity contribution in [3.8, 4) is 0 Å². The van der Waals surface area contributed by atoms with Gasteiger partial charge in [0.05, 0.1) is 22.7 Å². The Hall–Kier alpha value is -9.44. The van der Waals surface area contributed by atoms with E-state index in [1.54, 1.807) is 98.1 Å². The van der Waals surface area contributed by atoms with E-state index in [2.05, 4.69) is 63.3 Å². The second-order valence-corrected chi connectivity index (χ2v) is 12.7. The van der Waals surface area contributed by atoms with Gasteiger partial charge in [-0.15, -0.1) is 0 Å². The third-order valence-corrected chi connectivity index (χ3v) is 8.15. The molecule has 8 rings (SSSR count). The molecular weight excluding hydrogens is 809 g/mol. The maximum absolute atomic E-state index is 11.6. The summed E-state index contributed by atoms with van der Waals surface area (Å²) >= 11 is 0. The highest BCUT2D eigenvalue weighted by Crippen LogP contribution is 2.07. The number of nitrogens with zero attached hydrogens (tertiary/aromatic N) is 4. The van der Waals surface area contributed by atoms with Crippen molar-refractivity contribution >= 4 is 46.4 Å². The number of anilines is 4. The van der Waals surface area contributed by atoms with Gasteiger partial charge in [0.2, 0.25) is 0 Å². The lowest BCUT2D eigenvalue weighted by atomic mass is 10.2. The summed E-state index contributed by atoms with van der Waals surface area (Å²) in [6.45, 7) is 0. The van der Waals surface area contributed by atoms with Crippen LogP contribution in [0.4, 0.5) is 22.7 Å². The van der Waals surface area contributed by atoms with Crippen LogP contribution in [0.1, 0.15) is 41.4 Å². The van der Waals surface area contributed by atoms with Crippen molar-refractivity contribution in [2.75, 3.05) is 21.7 Å². The normalized spacial score (nSPS) is 9.50. The Morgan fingerprint density at radius 2 is 0.422 bits per heavy atom. The van der Waals surface area contributed by atoms with Crippen LogP contribution in [0.3, 0.4) is 0 Å². The molecule has 4 aromatic carbocycles. The number of hydrazine groups is 4. The quantitative estimate of drug-likeness (QED) is 0.0566. The highest BCUT2D eigenvalue weighted by molar-refractivity contribution is 5.96. The zero-order valence-electron chi connectivity index (χ0n) is 34.2. The van der Waals surface area contributed by atoms with E-state index in [0.717, 1.165) is 22.7 Å². The minimum atomic E-state index is -0.189. The van der Waals surface area contributed by atoms with Crippen LogP contribution in [0.2, 0.25) is 0 Å². The van der Waals surface area contributed by atoms with E-state index in [4.69, 9.17) is 0 Å². The second-order valence-electron chi connectivity index (χ2n) is 12.7. The Bertz CT molecular complexity index is 2190. The maximum Gasteiger partial charge on any atom is 0.269 e. The predicted molar refractivity (Wildman–Crippen MR) is 247 cm³/mol. The molecule has 0 bridgehead atoms. The zero-order valence-corrected chi connectivity index (χ0v) is 34.2. The largest absolute Gasteiger partial charge is 0.298 e. The lowest BCUT2D eigenvalue weighted by Crippen LogP contribution is -2.29. The van der Waals surface area contributed by atoms with Gasteiger partial charge in [0.1, 0.15) is 0 Å². The van der Waals surface area contributed by atoms with Crippen molar-refractivity contribution in [3.05, 3.63) is 242 Å². The standard InChI is InChI=1S/4C12H11N3O/c4*16-12(10-6-8-13-9-7-10)15-14-11-4-2-1-3-5-11/h4*1-9,14H,(H,15,16). The molecule has 320 valence electrons. The van der Waals surface area contributed by atoms with Gasteiger partial charge < -0.3 is 0 Å². The van der Waals surface area contributed by atoms with Gasteiger partial charge >= 0.3 is 0 Å². The molecule has 0 radical (unpaired) electrons. The highest BCUT2D eigenvalue weighted by atomic mass is 16.2. The number of aromatic nitrogens is 4. The molecular formula is C48H44N12O4. The third-order valence-electron chi connectivity index (χ3n) is 8.15.